The van der Waals surface area contributed by atoms with Gasteiger partial charge in [-0.05, 0) is 30.3 Å². The van der Waals surface area contributed by atoms with Crippen LogP contribution in [0.15, 0.2) is 48.5 Å². The molecule has 3 aliphatic heterocycles. The van der Waals surface area contributed by atoms with Crippen LogP contribution in [0.4, 0.5) is 5.69 Å². The Morgan fingerprint density at radius 3 is 2.59 bits per heavy atom. The molecule has 0 atom stereocenters. The molecule has 29 heavy (non-hydrogen) atoms. The molecule has 2 fully saturated rings. The summed E-state index contributed by atoms with van der Waals surface area (Å²) in [5.41, 5.74) is 2.67. The third-order valence-corrected chi connectivity index (χ3v) is 6.29. The molecule has 0 N–H and O–H groups in total. The van der Waals surface area contributed by atoms with E-state index in [2.05, 4.69) is 28.0 Å². The average Bonchev–Trinajstić information content (AvgIpc) is 2.88. The number of carbonyl (C=O) groups is 1. The Morgan fingerprint density at radius 2 is 1.83 bits per heavy atom. The monoisotopic (exact) mass is 393 g/mol. The number of anilines is 1. The minimum Gasteiger partial charge on any atom is -0.497 e. The largest absolute Gasteiger partial charge is 0.497 e. The van der Waals surface area contributed by atoms with Gasteiger partial charge in [-0.2, -0.15) is 0 Å². The summed E-state index contributed by atoms with van der Waals surface area (Å²) in [6.07, 6.45) is 0. The molecule has 2 saturated heterocycles. The Balaban J connectivity index is 1.11. The maximum atomic E-state index is 12.8. The number of para-hydroxylation sites is 1. The standard InChI is InChI=1S/C23H27N3O3/c1-28-20-8-6-19(7-9-20)25-14-23(15-25)16-26(17-23)22(27)13-24-10-11-29-21-5-3-2-4-18(21)12-24/h2-9H,10-17H2,1H3. The van der Waals surface area contributed by atoms with Gasteiger partial charge in [0.25, 0.3) is 0 Å². The highest BCUT2D eigenvalue weighted by molar-refractivity contribution is 5.79. The van der Waals surface area contributed by atoms with Crippen molar-refractivity contribution in [2.24, 2.45) is 5.41 Å². The molecule has 3 heterocycles. The summed E-state index contributed by atoms with van der Waals surface area (Å²) in [6, 6.07) is 16.3. The molecule has 0 aliphatic carbocycles. The third kappa shape index (κ3) is 3.53. The van der Waals surface area contributed by atoms with Gasteiger partial charge in [0.1, 0.15) is 18.1 Å². The highest BCUT2D eigenvalue weighted by Crippen LogP contribution is 2.42. The first-order valence-electron chi connectivity index (χ1n) is 10.2. The molecule has 0 unspecified atom stereocenters. The molecule has 6 nitrogen and oxygen atoms in total. The van der Waals surface area contributed by atoms with Crippen LogP contribution in [0.5, 0.6) is 11.5 Å². The van der Waals surface area contributed by atoms with Gasteiger partial charge in [0.15, 0.2) is 0 Å². The molecule has 3 aliphatic rings. The zero-order valence-corrected chi connectivity index (χ0v) is 16.8. The quantitative estimate of drug-likeness (QED) is 0.797. The second-order valence-electron chi connectivity index (χ2n) is 8.47. The summed E-state index contributed by atoms with van der Waals surface area (Å²) in [5.74, 6) is 2.06. The van der Waals surface area contributed by atoms with Gasteiger partial charge in [0.05, 0.1) is 13.7 Å². The Hall–Kier alpha value is -2.73. The minimum atomic E-state index is 0.234. The van der Waals surface area contributed by atoms with Crippen molar-refractivity contribution < 1.29 is 14.3 Å². The van der Waals surface area contributed by atoms with Gasteiger partial charge in [-0.15, -0.1) is 0 Å². The van der Waals surface area contributed by atoms with E-state index in [-0.39, 0.29) is 11.3 Å². The highest BCUT2D eigenvalue weighted by Gasteiger charge is 2.53. The summed E-state index contributed by atoms with van der Waals surface area (Å²) in [6.45, 7) is 6.44. The number of amides is 1. The van der Waals surface area contributed by atoms with Crippen molar-refractivity contribution in [2.75, 3.05) is 57.9 Å². The van der Waals surface area contributed by atoms with E-state index in [1.165, 1.54) is 5.69 Å². The van der Waals surface area contributed by atoms with E-state index in [0.717, 1.165) is 56.3 Å². The molecule has 1 spiro atoms. The van der Waals surface area contributed by atoms with Gasteiger partial charge in [-0.3, -0.25) is 9.69 Å². The lowest BCUT2D eigenvalue weighted by Gasteiger charge is -2.61. The Morgan fingerprint density at radius 1 is 1.07 bits per heavy atom. The maximum Gasteiger partial charge on any atom is 0.236 e. The second-order valence-corrected chi connectivity index (χ2v) is 8.47. The van der Waals surface area contributed by atoms with Crippen LogP contribution in [0, 0.1) is 5.41 Å². The number of hydrogen-bond acceptors (Lipinski definition) is 5. The molecular formula is C23H27N3O3. The van der Waals surface area contributed by atoms with Crippen LogP contribution in [0.2, 0.25) is 0 Å². The van der Waals surface area contributed by atoms with E-state index in [4.69, 9.17) is 9.47 Å². The number of likely N-dealkylation sites (tertiary alicyclic amines) is 1. The lowest BCUT2D eigenvalue weighted by Crippen LogP contribution is -2.73. The molecule has 0 saturated carbocycles. The molecule has 5 rings (SSSR count). The number of carbonyl (C=O) groups excluding carboxylic acids is 1. The fourth-order valence-corrected chi connectivity index (χ4v) is 4.69. The van der Waals surface area contributed by atoms with Crippen LogP contribution in [-0.2, 0) is 11.3 Å². The summed E-state index contributed by atoms with van der Waals surface area (Å²) in [5, 5.41) is 0. The minimum absolute atomic E-state index is 0.234. The summed E-state index contributed by atoms with van der Waals surface area (Å²) < 4.78 is 11.0. The van der Waals surface area contributed by atoms with Crippen LogP contribution in [-0.4, -0.2) is 68.7 Å². The zero-order chi connectivity index (χ0) is 19.8. The van der Waals surface area contributed by atoms with E-state index in [1.54, 1.807) is 7.11 Å². The molecule has 0 aromatic heterocycles. The molecule has 0 bridgehead atoms. The number of ether oxygens (including phenoxy) is 2. The van der Waals surface area contributed by atoms with E-state index in [1.807, 2.05) is 35.2 Å². The van der Waals surface area contributed by atoms with Crippen molar-refractivity contribution in [3.8, 4) is 11.5 Å². The van der Waals surface area contributed by atoms with Gasteiger partial charge >= 0.3 is 0 Å². The zero-order valence-electron chi connectivity index (χ0n) is 16.8. The van der Waals surface area contributed by atoms with E-state index in [0.29, 0.717) is 13.2 Å². The van der Waals surface area contributed by atoms with E-state index >= 15 is 0 Å². The third-order valence-electron chi connectivity index (χ3n) is 6.29. The van der Waals surface area contributed by atoms with Crippen molar-refractivity contribution in [1.29, 1.82) is 0 Å². The van der Waals surface area contributed by atoms with Gasteiger partial charge < -0.3 is 19.3 Å². The van der Waals surface area contributed by atoms with Crippen molar-refractivity contribution in [3.63, 3.8) is 0 Å². The Labute approximate surface area is 171 Å². The first-order chi connectivity index (χ1) is 14.1. The van der Waals surface area contributed by atoms with E-state index in [9.17, 15) is 4.79 Å². The average molecular weight is 393 g/mol. The Bertz CT molecular complexity index is 884. The molecule has 1 amide bonds. The van der Waals surface area contributed by atoms with E-state index < -0.39 is 0 Å². The maximum absolute atomic E-state index is 12.8. The lowest BCUT2D eigenvalue weighted by molar-refractivity contribution is -0.146. The predicted octanol–water partition coefficient (Wildman–Crippen LogP) is 2.24. The van der Waals surface area contributed by atoms with Crippen molar-refractivity contribution >= 4 is 11.6 Å². The van der Waals surface area contributed by atoms with Crippen molar-refractivity contribution in [1.82, 2.24) is 9.80 Å². The number of fused-ring (bicyclic) bond motifs is 1. The summed E-state index contributed by atoms with van der Waals surface area (Å²) >= 11 is 0. The predicted molar refractivity (Wildman–Crippen MR) is 111 cm³/mol. The highest BCUT2D eigenvalue weighted by atomic mass is 16.5. The first-order valence-corrected chi connectivity index (χ1v) is 10.2. The van der Waals surface area contributed by atoms with Gasteiger partial charge in [-0.25, -0.2) is 0 Å². The lowest BCUT2D eigenvalue weighted by atomic mass is 9.72. The van der Waals surface area contributed by atoms with Crippen LogP contribution in [0.1, 0.15) is 5.56 Å². The molecule has 2 aromatic rings. The van der Waals surface area contributed by atoms with Gasteiger partial charge in [0.2, 0.25) is 5.91 Å². The first kappa shape index (κ1) is 18.3. The number of nitrogens with zero attached hydrogens (tertiary/aromatic N) is 3. The smallest absolute Gasteiger partial charge is 0.236 e. The molecular weight excluding hydrogens is 366 g/mol. The number of methoxy groups -OCH3 is 1. The van der Waals surface area contributed by atoms with Gasteiger partial charge in [-0.1, -0.05) is 18.2 Å². The van der Waals surface area contributed by atoms with Crippen LogP contribution >= 0.6 is 0 Å². The number of rotatable bonds is 4. The fraction of sp³-hybridized carbons (Fsp3) is 0.435. The van der Waals surface area contributed by atoms with Gasteiger partial charge in [0, 0.05) is 55.9 Å². The summed E-state index contributed by atoms with van der Waals surface area (Å²) in [7, 11) is 1.69. The topological polar surface area (TPSA) is 45.2 Å². The Kier molecular flexibility index (Phi) is 4.59. The number of benzene rings is 2. The normalized spacial score (nSPS) is 20.2. The van der Waals surface area contributed by atoms with Crippen LogP contribution in [0.3, 0.4) is 0 Å². The SMILES string of the molecule is COc1ccc(N2CC3(CN(C(=O)CN4CCOc5ccccc5C4)C3)C2)cc1. The molecule has 2 aromatic carbocycles. The van der Waals surface area contributed by atoms with Crippen LogP contribution < -0.4 is 14.4 Å². The van der Waals surface area contributed by atoms with Crippen molar-refractivity contribution in [2.45, 2.75) is 6.54 Å². The van der Waals surface area contributed by atoms with Crippen LogP contribution in [0.25, 0.3) is 0 Å². The molecule has 152 valence electrons. The second kappa shape index (κ2) is 7.26. The van der Waals surface area contributed by atoms with Crippen molar-refractivity contribution in [3.05, 3.63) is 54.1 Å². The summed E-state index contributed by atoms with van der Waals surface area (Å²) in [4.78, 5) is 19.4. The molecule has 6 heteroatoms. The fourth-order valence-electron chi connectivity index (χ4n) is 4.69. The molecule has 0 radical (unpaired) electrons. The number of hydrogen-bond donors (Lipinski definition) is 0.